The molecule has 0 aliphatic rings. The first-order chi connectivity index (χ1) is 46.7. The van der Waals surface area contributed by atoms with E-state index in [-0.39, 0.29) is 25.7 Å². The van der Waals surface area contributed by atoms with Gasteiger partial charge in [-0.2, -0.15) is 0 Å². The molecule has 0 aromatic rings. The van der Waals surface area contributed by atoms with Crippen molar-refractivity contribution in [3.05, 3.63) is 97.2 Å². The minimum Gasteiger partial charge on any atom is -0.462 e. The highest BCUT2D eigenvalue weighted by Crippen LogP contribution is 2.45. The molecule has 0 saturated heterocycles. The van der Waals surface area contributed by atoms with Gasteiger partial charge in [-0.3, -0.25) is 37.3 Å². The number of hydrogen-bond acceptors (Lipinski definition) is 15. The first-order valence-corrected chi connectivity index (χ1v) is 40.5. The maximum Gasteiger partial charge on any atom is 0.472 e. The van der Waals surface area contributed by atoms with Gasteiger partial charge in [-0.15, -0.1) is 0 Å². The zero-order valence-electron chi connectivity index (χ0n) is 60.3. The highest BCUT2D eigenvalue weighted by Gasteiger charge is 2.30. The van der Waals surface area contributed by atoms with E-state index in [2.05, 4.69) is 107 Å². The van der Waals surface area contributed by atoms with E-state index in [0.717, 1.165) is 122 Å². The highest BCUT2D eigenvalue weighted by atomic mass is 31.2. The predicted molar refractivity (Wildman–Crippen MR) is 390 cm³/mol. The third-order valence-corrected chi connectivity index (χ3v) is 17.5. The summed E-state index contributed by atoms with van der Waals surface area (Å²) in [4.78, 5) is 72.6. The van der Waals surface area contributed by atoms with E-state index >= 15 is 0 Å². The number of rotatable bonds is 70. The predicted octanol–water partition coefficient (Wildman–Crippen LogP) is 21.2. The number of phosphoric ester groups is 2. The normalized spacial score (nSPS) is 14.5. The molecule has 0 aromatic carbocycles. The molecule has 0 spiro atoms. The van der Waals surface area contributed by atoms with Gasteiger partial charge in [-0.25, -0.2) is 9.13 Å². The topological polar surface area (TPSA) is 237 Å². The smallest absolute Gasteiger partial charge is 0.462 e. The first kappa shape index (κ1) is 92.0. The molecule has 0 fully saturated rings. The quantitative estimate of drug-likeness (QED) is 0.0169. The second-order valence-electron chi connectivity index (χ2n) is 24.9. The second kappa shape index (κ2) is 69.5. The Morgan fingerprint density at radius 1 is 0.302 bits per heavy atom. The number of aliphatic hydroxyl groups excluding tert-OH is 1. The molecule has 0 aliphatic heterocycles. The van der Waals surface area contributed by atoms with Gasteiger partial charge in [0, 0.05) is 25.7 Å². The van der Waals surface area contributed by atoms with Crippen molar-refractivity contribution in [1.29, 1.82) is 0 Å². The van der Waals surface area contributed by atoms with Gasteiger partial charge in [0.15, 0.2) is 12.2 Å². The molecule has 0 heterocycles. The lowest BCUT2D eigenvalue weighted by atomic mass is 10.1. The van der Waals surface area contributed by atoms with E-state index in [1.807, 2.05) is 18.2 Å². The summed E-state index contributed by atoms with van der Waals surface area (Å²) < 4.78 is 68.3. The van der Waals surface area contributed by atoms with E-state index < -0.39 is 97.5 Å². The zero-order valence-corrected chi connectivity index (χ0v) is 62.1. The molecule has 0 aliphatic carbocycles. The van der Waals surface area contributed by atoms with Crippen LogP contribution in [0, 0.1) is 0 Å². The fourth-order valence-corrected chi connectivity index (χ4v) is 11.4. The molecule has 0 bridgehead atoms. The Hall–Kier alpha value is -4.02. The van der Waals surface area contributed by atoms with Gasteiger partial charge in [-0.1, -0.05) is 285 Å². The second-order valence-corrected chi connectivity index (χ2v) is 27.8. The molecule has 554 valence electrons. The number of esters is 4. The Morgan fingerprint density at radius 2 is 0.562 bits per heavy atom. The van der Waals surface area contributed by atoms with Crippen LogP contribution in [0.15, 0.2) is 97.2 Å². The molecule has 3 N–H and O–H groups in total. The van der Waals surface area contributed by atoms with Gasteiger partial charge >= 0.3 is 39.5 Å². The number of aliphatic hydroxyl groups is 1. The van der Waals surface area contributed by atoms with Crippen LogP contribution in [-0.2, 0) is 65.4 Å². The van der Waals surface area contributed by atoms with Crippen LogP contribution in [0.2, 0.25) is 0 Å². The Bertz CT molecular complexity index is 2200. The van der Waals surface area contributed by atoms with Crippen molar-refractivity contribution in [3.8, 4) is 0 Å². The molecule has 5 unspecified atom stereocenters. The van der Waals surface area contributed by atoms with E-state index in [1.54, 1.807) is 0 Å². The van der Waals surface area contributed by atoms with Crippen LogP contribution in [0.4, 0.5) is 0 Å². The lowest BCUT2D eigenvalue weighted by Gasteiger charge is -2.21. The van der Waals surface area contributed by atoms with Crippen molar-refractivity contribution in [2.75, 3.05) is 39.6 Å². The van der Waals surface area contributed by atoms with Crippen LogP contribution in [0.25, 0.3) is 0 Å². The van der Waals surface area contributed by atoms with Crippen LogP contribution in [0.5, 0.6) is 0 Å². The standard InChI is InChI=1S/C77H134O17P2/c1-5-9-13-17-21-25-29-31-33-34-35-36-38-39-43-46-50-54-58-62-75(80)88-68-73(94-77(82)64-60-56-52-48-44-40-37-32-30-26-22-18-14-10-6-2)70-92-96(85,86)90-66-71(78)65-89-95(83,84)91-69-72(93-76(81)63-59-55-51-47-42-28-24-20-16-12-8-4)67-87-74(79)61-57-53-49-45-41-27-23-19-15-11-7-3/h9,13,21-22,25-26,31-33,35-37,39,43,50,54,71-73,78H,5-8,10-12,14-20,23-24,27-30,34,38,40-42,44-49,51-53,55-70H2,1-4H3,(H,83,84)(H,85,86)/b13-9-,25-21-,26-22-,33-31-,36-35-,37-32-,43-39-,54-50-. The summed E-state index contributed by atoms with van der Waals surface area (Å²) in [5, 5.41) is 10.6. The van der Waals surface area contributed by atoms with E-state index in [0.29, 0.717) is 32.1 Å². The lowest BCUT2D eigenvalue weighted by molar-refractivity contribution is -0.161. The SMILES string of the molecule is CC/C=C\C/C=C\C/C=C\C/C=C\C/C=C\C/C=C\CCC(=O)OCC(COP(=O)(O)OCC(O)COP(=O)(O)OCC(COC(=O)CCCCCCCCCCCCC)OC(=O)CCCCCCCCCCCCC)OC(=O)CCCCCCC/C=C\C/C=C\CCCCC. The summed E-state index contributed by atoms with van der Waals surface area (Å²) in [5.41, 5.74) is 0. The van der Waals surface area contributed by atoms with Gasteiger partial charge in [0.25, 0.3) is 0 Å². The number of carbonyl (C=O) groups excluding carboxylic acids is 4. The molecule has 0 saturated carbocycles. The molecule has 96 heavy (non-hydrogen) atoms. The number of phosphoric acid groups is 2. The Morgan fingerprint density at radius 3 is 0.917 bits per heavy atom. The maximum absolute atomic E-state index is 13.1. The summed E-state index contributed by atoms with van der Waals surface area (Å²) in [6, 6.07) is 0. The molecule has 0 radical (unpaired) electrons. The van der Waals surface area contributed by atoms with Crippen LogP contribution < -0.4 is 0 Å². The van der Waals surface area contributed by atoms with E-state index in [4.69, 9.17) is 37.0 Å². The molecule has 0 amide bonds. The maximum atomic E-state index is 13.1. The van der Waals surface area contributed by atoms with Gasteiger partial charge in [-0.05, 0) is 96.3 Å². The number of carbonyl (C=O) groups is 4. The van der Waals surface area contributed by atoms with Crippen molar-refractivity contribution in [3.63, 3.8) is 0 Å². The minimum atomic E-state index is -4.99. The Labute approximate surface area is 582 Å². The summed E-state index contributed by atoms with van der Waals surface area (Å²) in [5.74, 6) is -2.27. The zero-order chi connectivity index (χ0) is 70.4. The average molecular weight is 1390 g/mol. The third-order valence-electron chi connectivity index (χ3n) is 15.6. The van der Waals surface area contributed by atoms with Crippen molar-refractivity contribution in [2.24, 2.45) is 0 Å². The van der Waals surface area contributed by atoms with Gasteiger partial charge in [0.1, 0.15) is 19.3 Å². The van der Waals surface area contributed by atoms with Crippen molar-refractivity contribution < 1.29 is 80.2 Å². The van der Waals surface area contributed by atoms with Crippen LogP contribution in [-0.4, -0.2) is 96.7 Å². The monoisotopic (exact) mass is 1390 g/mol. The number of hydrogen-bond donors (Lipinski definition) is 3. The third kappa shape index (κ3) is 68.5. The largest absolute Gasteiger partial charge is 0.472 e. The van der Waals surface area contributed by atoms with Crippen molar-refractivity contribution >= 4 is 39.5 Å². The van der Waals surface area contributed by atoms with Crippen LogP contribution in [0.3, 0.4) is 0 Å². The molecular weight excluding hydrogens is 1260 g/mol. The van der Waals surface area contributed by atoms with Crippen molar-refractivity contribution in [2.45, 2.75) is 329 Å². The molecule has 0 rings (SSSR count). The van der Waals surface area contributed by atoms with Gasteiger partial charge in [0.2, 0.25) is 0 Å². The number of unbranched alkanes of at least 4 members (excludes halogenated alkanes) is 28. The summed E-state index contributed by atoms with van der Waals surface area (Å²) >= 11 is 0. The van der Waals surface area contributed by atoms with E-state index in [1.165, 1.54) is 103 Å². The average Bonchev–Trinajstić information content (AvgIpc) is 1.41. The van der Waals surface area contributed by atoms with Crippen LogP contribution >= 0.6 is 15.6 Å². The first-order valence-electron chi connectivity index (χ1n) is 37.5. The molecule has 0 aromatic heterocycles. The van der Waals surface area contributed by atoms with Crippen molar-refractivity contribution in [1.82, 2.24) is 0 Å². The number of allylic oxidation sites excluding steroid dienone is 16. The molecule has 5 atom stereocenters. The summed E-state index contributed by atoms with van der Waals surface area (Å²) in [7, 11) is -9.96. The number of ether oxygens (including phenoxy) is 4. The minimum absolute atomic E-state index is 0.0333. The van der Waals surface area contributed by atoms with Gasteiger partial charge < -0.3 is 33.8 Å². The fourth-order valence-electron chi connectivity index (χ4n) is 9.86. The van der Waals surface area contributed by atoms with E-state index in [9.17, 15) is 43.2 Å². The lowest BCUT2D eigenvalue weighted by Crippen LogP contribution is -2.30. The fraction of sp³-hybridized carbons (Fsp3) is 0.740. The molecule has 19 heteroatoms. The summed E-state index contributed by atoms with van der Waals surface area (Å²) in [6.45, 7) is 4.63. The Balaban J connectivity index is 5.39. The van der Waals surface area contributed by atoms with Crippen LogP contribution in [0.1, 0.15) is 310 Å². The summed E-state index contributed by atoms with van der Waals surface area (Å²) in [6.07, 6.45) is 71.4. The molecule has 17 nitrogen and oxygen atoms in total. The highest BCUT2D eigenvalue weighted by molar-refractivity contribution is 7.47. The van der Waals surface area contributed by atoms with Gasteiger partial charge in [0.05, 0.1) is 26.4 Å². The molecular formula is C77H134O17P2. The Kier molecular flexibility index (Phi) is 66.6.